The molecule has 5 nitrogen and oxygen atoms in total. The van der Waals surface area contributed by atoms with Crippen molar-refractivity contribution in [3.05, 3.63) is 59.8 Å². The molecule has 0 spiro atoms. The molecule has 0 bridgehead atoms. The molecule has 31 heavy (non-hydrogen) atoms. The first-order valence-corrected chi connectivity index (χ1v) is 13.3. The zero-order valence-corrected chi connectivity index (χ0v) is 23.2. The number of aliphatic hydroxyl groups excluding tert-OH is 1. The van der Waals surface area contributed by atoms with E-state index < -0.39 is 0 Å². The number of nitrogens with two attached hydrogens (primary N) is 1. The van der Waals surface area contributed by atoms with E-state index in [-0.39, 0.29) is 18.1 Å². The van der Waals surface area contributed by atoms with E-state index in [1.165, 1.54) is 41.2 Å². The number of aliphatic hydroxyl groups is 1. The van der Waals surface area contributed by atoms with Crippen LogP contribution >= 0.6 is 0 Å². The minimum atomic E-state index is -0.384. The quantitative estimate of drug-likeness (QED) is 0.363. The number of carbonyl (C=O) groups is 1. The number of primary amides is 1. The summed E-state index contributed by atoms with van der Waals surface area (Å²) in [5.74, 6) is -0.384. The Bertz CT molecular complexity index is 1220. The van der Waals surface area contributed by atoms with Gasteiger partial charge >= 0.3 is 204 Å². The molecule has 1 fully saturated rings. The average molecular weight is 755 g/mol. The monoisotopic (exact) mass is 755 g/mol. The number of fused-ring (bicyclic) bond motifs is 3. The van der Waals surface area contributed by atoms with Gasteiger partial charge in [0.2, 0.25) is 0 Å². The summed E-state index contributed by atoms with van der Waals surface area (Å²) in [7, 11) is 0. The second kappa shape index (κ2) is 9.44. The Morgan fingerprint density at radius 2 is 1.77 bits per heavy atom. The predicted octanol–water partition coefficient (Wildman–Crippen LogP) is 2.61. The standard InChI is InChI=1S/C24H25N3O2.2W/c1-16-5-4-8-22-24(16)20-6-2-3-7-21(20)27(22)14-13-18(15-23(25)29)26-17-9-11-19(28)12-10-17;;/h2-8,13,17,19,26,28H,9-12H2,1H3,(H2,25,29);;. The van der Waals surface area contributed by atoms with Crippen molar-refractivity contribution >= 4 is 35.6 Å². The molecule has 0 aliphatic heterocycles. The number of rotatable bonds is 6. The molecule has 1 amide bonds. The van der Waals surface area contributed by atoms with Crippen LogP contribution in [0, 0.1) is 6.92 Å². The van der Waals surface area contributed by atoms with Gasteiger partial charge in [0.1, 0.15) is 0 Å². The Balaban J connectivity index is 1.78. The van der Waals surface area contributed by atoms with E-state index in [4.69, 9.17) is 5.73 Å². The third-order valence-electron chi connectivity index (χ3n) is 5.92. The first kappa shape index (κ1) is 22.5. The van der Waals surface area contributed by atoms with Crippen LogP contribution in [0.1, 0.15) is 31.2 Å². The number of hydrogen-bond acceptors (Lipinski definition) is 3. The maximum atomic E-state index is 12.0. The molecular weight excluding hydrogens is 730 g/mol. The van der Waals surface area contributed by atoms with E-state index in [9.17, 15) is 9.90 Å². The molecule has 2 aromatic carbocycles. The summed E-state index contributed by atoms with van der Waals surface area (Å²) < 4.78 is 4.01. The van der Waals surface area contributed by atoms with Gasteiger partial charge in [0.05, 0.1) is 0 Å². The summed E-state index contributed by atoms with van der Waals surface area (Å²) in [6, 6.07) is 15.1. The molecule has 1 aromatic heterocycles. The molecule has 0 radical (unpaired) electrons. The van der Waals surface area contributed by atoms with E-state index in [0.717, 1.165) is 60.3 Å². The summed E-state index contributed by atoms with van der Waals surface area (Å²) in [5, 5.41) is 15.9. The van der Waals surface area contributed by atoms with E-state index in [2.05, 4.69) is 65.3 Å². The van der Waals surface area contributed by atoms with Crippen molar-refractivity contribution < 1.29 is 48.6 Å². The van der Waals surface area contributed by atoms with Gasteiger partial charge in [-0.25, -0.2) is 0 Å². The summed E-state index contributed by atoms with van der Waals surface area (Å²) in [4.78, 5) is 12.0. The number of nitrogens with one attached hydrogen (secondary N) is 1. The van der Waals surface area contributed by atoms with Crippen LogP contribution in [0.3, 0.4) is 0 Å². The number of allylic oxidation sites excluding steroid dienone is 1. The Labute approximate surface area is 203 Å². The van der Waals surface area contributed by atoms with Crippen LogP contribution in [-0.4, -0.2) is 35.6 Å². The number of nitrogens with zero attached hydrogens (tertiary/aromatic N) is 1. The molecule has 7 heteroatoms. The number of aromatic nitrogens is 1. The van der Waals surface area contributed by atoms with Gasteiger partial charge < -0.3 is 0 Å². The second-order valence-electron chi connectivity index (χ2n) is 8.06. The summed E-state index contributed by atoms with van der Waals surface area (Å²) >= 11 is 2.36. The molecule has 1 aliphatic rings. The summed E-state index contributed by atoms with van der Waals surface area (Å²) in [6.45, 7) is 2.15. The zero-order valence-electron chi connectivity index (χ0n) is 17.3. The predicted molar refractivity (Wildman–Crippen MR) is 118 cm³/mol. The number of hydrogen-bond donors (Lipinski definition) is 3. The van der Waals surface area contributed by atoms with Crippen LogP contribution in [0.5, 0.6) is 0 Å². The molecular formula is C24H25N3O2W2. The van der Waals surface area contributed by atoms with Crippen molar-refractivity contribution in [2.24, 2.45) is 5.73 Å². The molecule has 0 atom stereocenters. The van der Waals surface area contributed by atoms with Gasteiger partial charge in [-0.05, 0) is 0 Å². The number of carbonyl (C=O) groups excluding carboxylic acids is 1. The van der Waals surface area contributed by atoms with Gasteiger partial charge in [0, 0.05) is 0 Å². The molecule has 1 aliphatic carbocycles. The molecule has 0 unspecified atom stereocenters. The SMILES string of the molecule is Cc1cccc2c1c1ccccc1n2[C](=[W])C=C(NC1CCC(O)CC1)[C](=[W])C(N)=O. The molecule has 3 aromatic rings. The summed E-state index contributed by atoms with van der Waals surface area (Å²) in [5.41, 5.74) is 10.1. The first-order chi connectivity index (χ1) is 14.9. The summed E-state index contributed by atoms with van der Waals surface area (Å²) in [6.07, 6.45) is 5.22. The molecule has 0 saturated heterocycles. The van der Waals surface area contributed by atoms with Gasteiger partial charge in [-0.1, -0.05) is 0 Å². The van der Waals surface area contributed by atoms with Crippen LogP contribution in [0.25, 0.3) is 21.8 Å². The maximum absolute atomic E-state index is 12.0. The van der Waals surface area contributed by atoms with Gasteiger partial charge in [0.15, 0.2) is 0 Å². The Hall–Kier alpha value is -1.67. The van der Waals surface area contributed by atoms with Crippen LogP contribution in [0.2, 0.25) is 0 Å². The van der Waals surface area contributed by atoms with Crippen molar-refractivity contribution in [1.29, 1.82) is 0 Å². The number of amides is 1. The third kappa shape index (κ3) is 4.60. The molecule has 160 valence electrons. The van der Waals surface area contributed by atoms with E-state index >= 15 is 0 Å². The fourth-order valence-electron chi connectivity index (χ4n) is 4.37. The first-order valence-electron chi connectivity index (χ1n) is 10.4. The van der Waals surface area contributed by atoms with Crippen molar-refractivity contribution in [3.8, 4) is 0 Å². The van der Waals surface area contributed by atoms with Crippen LogP contribution in [0.15, 0.2) is 54.2 Å². The van der Waals surface area contributed by atoms with E-state index in [0.29, 0.717) is 3.90 Å². The van der Waals surface area contributed by atoms with Crippen LogP contribution < -0.4 is 11.1 Å². The number of benzene rings is 2. The Morgan fingerprint density at radius 3 is 2.48 bits per heavy atom. The Kier molecular flexibility index (Phi) is 6.86. The molecule has 4 N–H and O–H groups in total. The van der Waals surface area contributed by atoms with Crippen LogP contribution in [-0.2, 0) is 43.5 Å². The van der Waals surface area contributed by atoms with Crippen molar-refractivity contribution in [3.63, 3.8) is 0 Å². The topological polar surface area (TPSA) is 80.3 Å². The molecule has 1 heterocycles. The molecule has 1 saturated carbocycles. The van der Waals surface area contributed by atoms with Crippen molar-refractivity contribution in [2.75, 3.05) is 0 Å². The molecule has 4 rings (SSSR count). The minimum absolute atomic E-state index is 0.212. The Morgan fingerprint density at radius 1 is 1.10 bits per heavy atom. The van der Waals surface area contributed by atoms with Crippen LogP contribution in [0.4, 0.5) is 0 Å². The van der Waals surface area contributed by atoms with Gasteiger partial charge in [-0.2, -0.15) is 0 Å². The third-order valence-corrected chi connectivity index (χ3v) is 8.51. The van der Waals surface area contributed by atoms with Gasteiger partial charge in [-0.15, -0.1) is 0 Å². The van der Waals surface area contributed by atoms with Crippen molar-refractivity contribution in [1.82, 2.24) is 9.88 Å². The van der Waals surface area contributed by atoms with Gasteiger partial charge in [0.25, 0.3) is 0 Å². The fourth-order valence-corrected chi connectivity index (χ4v) is 5.92. The van der Waals surface area contributed by atoms with E-state index in [1.807, 2.05) is 0 Å². The number of para-hydroxylation sites is 1. The fraction of sp³-hybridized carbons (Fsp3) is 0.292. The van der Waals surface area contributed by atoms with Crippen molar-refractivity contribution in [2.45, 2.75) is 44.8 Å². The zero-order chi connectivity index (χ0) is 22.1. The van der Waals surface area contributed by atoms with E-state index in [1.54, 1.807) is 0 Å². The normalized spacial score (nSPS) is 19.5. The van der Waals surface area contributed by atoms with Gasteiger partial charge in [-0.3, -0.25) is 0 Å². The second-order valence-corrected chi connectivity index (χ2v) is 11.0. The average Bonchev–Trinajstić information content (AvgIpc) is 3.09. The number of aryl methyl sites for hydroxylation is 1.